The summed E-state index contributed by atoms with van der Waals surface area (Å²) in [7, 11) is 0. The van der Waals surface area contributed by atoms with Crippen LogP contribution in [0.4, 0.5) is 13.2 Å². The number of alkyl halides is 3. The van der Waals surface area contributed by atoms with E-state index in [1.165, 1.54) is 11.3 Å². The second kappa shape index (κ2) is 5.63. The van der Waals surface area contributed by atoms with Crippen LogP contribution in [-0.2, 0) is 6.18 Å². The van der Waals surface area contributed by atoms with Crippen LogP contribution in [0.5, 0.6) is 0 Å². The third-order valence-electron chi connectivity index (χ3n) is 2.78. The van der Waals surface area contributed by atoms with Gasteiger partial charge >= 0.3 is 6.18 Å². The van der Waals surface area contributed by atoms with Gasteiger partial charge in [0.2, 0.25) is 0 Å². The van der Waals surface area contributed by atoms with Crippen LogP contribution in [0.3, 0.4) is 0 Å². The molecule has 3 rings (SSSR count). The number of rotatable bonds is 1. The summed E-state index contributed by atoms with van der Waals surface area (Å²) >= 11 is 6.03. The van der Waals surface area contributed by atoms with Crippen molar-refractivity contribution in [1.82, 2.24) is 15.0 Å². The molecule has 0 aliphatic rings. The molecule has 3 aromatic rings. The van der Waals surface area contributed by atoms with E-state index in [4.69, 9.17) is 12.2 Å². The quantitative estimate of drug-likeness (QED) is 0.663. The first-order chi connectivity index (χ1) is 9.86. The molecule has 3 aromatic heterocycles. The van der Waals surface area contributed by atoms with Gasteiger partial charge in [-0.1, -0.05) is 6.07 Å². The van der Waals surface area contributed by atoms with Gasteiger partial charge in [0.05, 0.1) is 21.5 Å². The lowest BCUT2D eigenvalue weighted by molar-refractivity contribution is -0.136. The fourth-order valence-electron chi connectivity index (χ4n) is 1.94. The highest BCUT2D eigenvalue weighted by Crippen LogP contribution is 2.35. The fourth-order valence-corrected chi connectivity index (χ4v) is 2.82. The lowest BCUT2D eigenvalue weighted by Gasteiger charge is -2.11. The number of halogens is 3. The molecule has 0 radical (unpaired) electrons. The van der Waals surface area contributed by atoms with Gasteiger partial charge in [0.15, 0.2) is 4.77 Å². The molecule has 0 unspecified atom stereocenters. The van der Waals surface area contributed by atoms with Crippen molar-refractivity contribution >= 4 is 34.6 Å². The zero-order chi connectivity index (χ0) is 15.2. The van der Waals surface area contributed by atoms with Gasteiger partial charge in [-0.3, -0.25) is 9.78 Å². The summed E-state index contributed by atoms with van der Waals surface area (Å²) in [6.45, 7) is 0. The molecular weight excluding hydrogens is 339 g/mol. The first kappa shape index (κ1) is 16.3. The zero-order valence-electron chi connectivity index (χ0n) is 10.6. The summed E-state index contributed by atoms with van der Waals surface area (Å²) in [4.78, 5) is 21.1. The van der Waals surface area contributed by atoms with E-state index in [2.05, 4.69) is 15.0 Å². The van der Waals surface area contributed by atoms with E-state index in [9.17, 15) is 18.0 Å². The molecule has 3 heterocycles. The van der Waals surface area contributed by atoms with Crippen LogP contribution in [0.15, 0.2) is 28.4 Å². The van der Waals surface area contributed by atoms with Gasteiger partial charge in [0, 0.05) is 0 Å². The average Bonchev–Trinajstić information content (AvgIpc) is 2.89. The van der Waals surface area contributed by atoms with E-state index in [1.807, 2.05) is 0 Å². The van der Waals surface area contributed by atoms with Crippen molar-refractivity contribution in [2.45, 2.75) is 6.18 Å². The largest absolute Gasteiger partial charge is 0.417 e. The lowest BCUT2D eigenvalue weighted by atomic mass is 10.1. The molecule has 0 fully saturated rings. The molecule has 0 bridgehead atoms. The van der Waals surface area contributed by atoms with Crippen LogP contribution in [0.25, 0.3) is 21.6 Å². The molecule has 0 aromatic carbocycles. The molecule has 4 N–H and O–H groups in total. The Labute approximate surface area is 129 Å². The summed E-state index contributed by atoms with van der Waals surface area (Å²) in [5.74, 6) is 0. The minimum absolute atomic E-state index is 0. The molecule has 0 amide bonds. The summed E-state index contributed by atoms with van der Waals surface area (Å²) in [5.41, 5.74) is -1.99. The fraction of sp³-hybridized carbons (Fsp3) is 0.0833. The Morgan fingerprint density at radius 3 is 2.59 bits per heavy atom. The van der Waals surface area contributed by atoms with Crippen molar-refractivity contribution in [3.05, 3.63) is 44.3 Å². The predicted molar refractivity (Wildman–Crippen MR) is 79.5 cm³/mol. The maximum Gasteiger partial charge on any atom is 0.417 e. The maximum atomic E-state index is 13.2. The Morgan fingerprint density at radius 2 is 2.00 bits per heavy atom. The molecule has 0 saturated heterocycles. The maximum absolute atomic E-state index is 13.2. The highest BCUT2D eigenvalue weighted by atomic mass is 32.1. The molecule has 0 spiro atoms. The Balaban J connectivity index is 0.00000176. The van der Waals surface area contributed by atoms with Crippen LogP contribution in [0.2, 0.25) is 0 Å². The molecule has 116 valence electrons. The Bertz CT molecular complexity index is 929. The lowest BCUT2D eigenvalue weighted by Crippen LogP contribution is -2.16. The number of hydrogen-bond donors (Lipinski definition) is 2. The van der Waals surface area contributed by atoms with Gasteiger partial charge in [0.1, 0.15) is 5.65 Å². The Morgan fingerprint density at radius 1 is 1.27 bits per heavy atom. The van der Waals surface area contributed by atoms with E-state index in [-0.39, 0.29) is 21.6 Å². The van der Waals surface area contributed by atoms with E-state index < -0.39 is 22.7 Å². The van der Waals surface area contributed by atoms with Gasteiger partial charge in [-0.15, -0.1) is 11.3 Å². The average molecular weight is 347 g/mol. The number of hydrogen-bond acceptors (Lipinski definition) is 4. The smallest absolute Gasteiger partial charge is 0.412 e. The van der Waals surface area contributed by atoms with Crippen LogP contribution in [0.1, 0.15) is 5.56 Å². The first-order valence-corrected chi connectivity index (χ1v) is 6.93. The number of nitrogens with one attached hydrogen (secondary N) is 2. The van der Waals surface area contributed by atoms with E-state index >= 15 is 0 Å². The third-order valence-corrected chi connectivity index (χ3v) is 3.88. The van der Waals surface area contributed by atoms with Crippen LogP contribution < -0.4 is 5.56 Å². The number of fused-ring (bicyclic) bond motifs is 1. The van der Waals surface area contributed by atoms with E-state index in [1.54, 1.807) is 17.5 Å². The number of H-pyrrole nitrogens is 2. The molecule has 0 saturated carbocycles. The SMILES string of the molecule is O.O=c1[nH]c(=S)[nH]c2nc(-c3cccs3)cc(C(F)(F)F)c12. The zero-order valence-corrected chi connectivity index (χ0v) is 12.2. The number of pyridine rings is 1. The second-order valence-corrected chi connectivity index (χ2v) is 5.52. The van der Waals surface area contributed by atoms with Gasteiger partial charge in [0.25, 0.3) is 5.56 Å². The Hall–Kier alpha value is -2.04. The van der Waals surface area contributed by atoms with Crippen molar-refractivity contribution in [3.63, 3.8) is 0 Å². The van der Waals surface area contributed by atoms with Gasteiger partial charge in [-0.05, 0) is 29.7 Å². The van der Waals surface area contributed by atoms with E-state index in [0.717, 1.165) is 6.07 Å². The molecule has 10 heteroatoms. The minimum Gasteiger partial charge on any atom is -0.412 e. The number of nitrogens with zero attached hydrogens (tertiary/aromatic N) is 1. The van der Waals surface area contributed by atoms with E-state index in [0.29, 0.717) is 4.88 Å². The number of thiophene rings is 1. The molecule has 0 aliphatic heterocycles. The summed E-state index contributed by atoms with van der Waals surface area (Å²) in [5, 5.41) is 1.19. The topological polar surface area (TPSA) is 93.0 Å². The molecule has 0 atom stereocenters. The Kier molecular flexibility index (Phi) is 4.18. The molecular formula is C12H8F3N3O2S2. The third kappa shape index (κ3) is 2.80. The normalized spacial score (nSPS) is 11.4. The summed E-state index contributed by atoms with van der Waals surface area (Å²) < 4.78 is 39.5. The van der Waals surface area contributed by atoms with Gasteiger partial charge in [-0.25, -0.2) is 4.98 Å². The number of aromatic amines is 2. The van der Waals surface area contributed by atoms with Gasteiger partial charge in [-0.2, -0.15) is 13.2 Å². The standard InChI is InChI=1S/C12H6F3N3OS2.H2O/c13-12(14,15)5-4-6(7-2-1-3-21-7)16-9-8(5)10(19)18-11(20)17-9;/h1-4H,(H2,16,17,18,19,20);1H2. The minimum atomic E-state index is -4.67. The second-order valence-electron chi connectivity index (χ2n) is 4.16. The van der Waals surface area contributed by atoms with Crippen molar-refractivity contribution in [3.8, 4) is 10.6 Å². The van der Waals surface area contributed by atoms with Crippen molar-refractivity contribution in [2.75, 3.05) is 0 Å². The summed E-state index contributed by atoms with van der Waals surface area (Å²) in [6, 6.07) is 4.24. The van der Waals surface area contributed by atoms with Crippen molar-refractivity contribution in [2.24, 2.45) is 0 Å². The molecule has 0 aliphatic carbocycles. The van der Waals surface area contributed by atoms with Gasteiger partial charge < -0.3 is 10.5 Å². The first-order valence-electron chi connectivity index (χ1n) is 5.64. The van der Waals surface area contributed by atoms with Crippen molar-refractivity contribution in [1.29, 1.82) is 0 Å². The van der Waals surface area contributed by atoms with Crippen LogP contribution in [-0.4, -0.2) is 20.4 Å². The monoisotopic (exact) mass is 347 g/mol. The number of aromatic nitrogens is 3. The van der Waals surface area contributed by atoms with Crippen LogP contribution in [0, 0.1) is 4.77 Å². The molecule has 5 nitrogen and oxygen atoms in total. The van der Waals surface area contributed by atoms with Crippen molar-refractivity contribution < 1.29 is 18.6 Å². The highest BCUT2D eigenvalue weighted by molar-refractivity contribution is 7.71. The van der Waals surface area contributed by atoms with Crippen LogP contribution >= 0.6 is 23.6 Å². The molecule has 22 heavy (non-hydrogen) atoms. The summed E-state index contributed by atoms with van der Waals surface area (Å²) in [6.07, 6.45) is -4.67. The highest BCUT2D eigenvalue weighted by Gasteiger charge is 2.35. The predicted octanol–water partition coefficient (Wildman–Crippen LogP) is 2.90.